The number of hydrogen-bond acceptors (Lipinski definition) is 6. The molecule has 68 heavy (non-hydrogen) atoms. The van der Waals surface area contributed by atoms with E-state index in [0.29, 0.717) is 19.3 Å². The molecular formula is C62H108O6. The third-order valence-corrected chi connectivity index (χ3v) is 12.4. The molecule has 6 nitrogen and oxygen atoms in total. The van der Waals surface area contributed by atoms with Crippen LogP contribution in [0.4, 0.5) is 0 Å². The molecule has 1 atom stereocenters. The fourth-order valence-electron chi connectivity index (χ4n) is 8.04. The van der Waals surface area contributed by atoms with E-state index in [2.05, 4.69) is 93.7 Å². The molecule has 0 heterocycles. The third-order valence-electron chi connectivity index (χ3n) is 12.4. The summed E-state index contributed by atoms with van der Waals surface area (Å²) in [7, 11) is 0. The van der Waals surface area contributed by atoms with Crippen molar-refractivity contribution in [2.75, 3.05) is 13.2 Å². The van der Waals surface area contributed by atoms with Crippen molar-refractivity contribution in [2.45, 2.75) is 290 Å². The Hall–Kier alpha value is -3.15. The highest BCUT2D eigenvalue weighted by Gasteiger charge is 2.19. The molecule has 0 aliphatic carbocycles. The Kier molecular flexibility index (Phi) is 53.8. The molecule has 0 aliphatic rings. The SMILES string of the molecule is CCCCC/C=C/C/C=C/C/C=C/C/C=C/CCCCCC(=O)OC[C@@H](COC(=O)CCCCCCCCCCCCCCCC)OC(=O)CCCCCCCCC/C=C/C/C=C/CCCCC. The number of esters is 3. The number of carbonyl (C=O) groups excluding carboxylic acids is 3. The lowest BCUT2D eigenvalue weighted by Gasteiger charge is -2.18. The molecule has 0 aliphatic heterocycles. The highest BCUT2D eigenvalue weighted by molar-refractivity contribution is 5.71. The van der Waals surface area contributed by atoms with Crippen molar-refractivity contribution < 1.29 is 28.6 Å². The summed E-state index contributed by atoms with van der Waals surface area (Å²) in [6.07, 6.45) is 71.7. The number of hydrogen-bond donors (Lipinski definition) is 0. The highest BCUT2D eigenvalue weighted by atomic mass is 16.6. The average molecular weight is 950 g/mol. The Balaban J connectivity index is 4.44. The van der Waals surface area contributed by atoms with Gasteiger partial charge in [-0.05, 0) is 96.3 Å². The van der Waals surface area contributed by atoms with Crippen molar-refractivity contribution >= 4 is 17.9 Å². The summed E-state index contributed by atoms with van der Waals surface area (Å²) in [6, 6.07) is 0. The number of carbonyl (C=O) groups is 3. The van der Waals surface area contributed by atoms with E-state index in [9.17, 15) is 14.4 Å². The van der Waals surface area contributed by atoms with Gasteiger partial charge in [0.1, 0.15) is 13.2 Å². The summed E-state index contributed by atoms with van der Waals surface area (Å²) >= 11 is 0. The highest BCUT2D eigenvalue weighted by Crippen LogP contribution is 2.15. The first kappa shape index (κ1) is 64.8. The summed E-state index contributed by atoms with van der Waals surface area (Å²) < 4.78 is 16.8. The number of ether oxygens (including phenoxy) is 3. The van der Waals surface area contributed by atoms with Gasteiger partial charge in [-0.2, -0.15) is 0 Å². The quantitative estimate of drug-likeness (QED) is 0.0262. The van der Waals surface area contributed by atoms with E-state index >= 15 is 0 Å². The Labute approximate surface area is 421 Å². The molecule has 0 aromatic heterocycles. The molecule has 0 rings (SSSR count). The molecule has 0 amide bonds. The van der Waals surface area contributed by atoms with Crippen LogP contribution in [0.15, 0.2) is 72.9 Å². The Morgan fingerprint density at radius 1 is 0.294 bits per heavy atom. The van der Waals surface area contributed by atoms with Crippen LogP contribution >= 0.6 is 0 Å². The number of allylic oxidation sites excluding steroid dienone is 12. The zero-order chi connectivity index (χ0) is 49.3. The van der Waals surface area contributed by atoms with Gasteiger partial charge in [0, 0.05) is 19.3 Å². The predicted octanol–water partition coefficient (Wildman–Crippen LogP) is 19.4. The van der Waals surface area contributed by atoms with E-state index in [1.165, 1.54) is 148 Å². The maximum Gasteiger partial charge on any atom is 0.306 e. The van der Waals surface area contributed by atoms with Gasteiger partial charge in [-0.1, -0.05) is 241 Å². The van der Waals surface area contributed by atoms with Crippen LogP contribution in [0.3, 0.4) is 0 Å². The van der Waals surface area contributed by atoms with Crippen molar-refractivity contribution in [3.8, 4) is 0 Å². The van der Waals surface area contributed by atoms with Crippen LogP contribution in [-0.4, -0.2) is 37.2 Å². The van der Waals surface area contributed by atoms with E-state index in [0.717, 1.165) is 96.3 Å². The fraction of sp³-hybridized carbons (Fsp3) is 0.758. The van der Waals surface area contributed by atoms with E-state index in [1.807, 2.05) is 0 Å². The van der Waals surface area contributed by atoms with Crippen molar-refractivity contribution in [2.24, 2.45) is 0 Å². The molecule has 6 heteroatoms. The van der Waals surface area contributed by atoms with Crippen LogP contribution in [0.25, 0.3) is 0 Å². The second kappa shape index (κ2) is 56.4. The van der Waals surface area contributed by atoms with Gasteiger partial charge < -0.3 is 14.2 Å². The van der Waals surface area contributed by atoms with E-state index in [1.54, 1.807) is 0 Å². The first-order valence-corrected chi connectivity index (χ1v) is 28.9. The molecule has 0 saturated carbocycles. The molecule has 0 spiro atoms. The zero-order valence-corrected chi connectivity index (χ0v) is 44.9. The second-order valence-corrected chi connectivity index (χ2v) is 19.2. The molecule has 0 N–H and O–H groups in total. The lowest BCUT2D eigenvalue weighted by atomic mass is 10.0. The van der Waals surface area contributed by atoms with Gasteiger partial charge in [0.25, 0.3) is 0 Å². The molecule has 0 saturated heterocycles. The lowest BCUT2D eigenvalue weighted by molar-refractivity contribution is -0.167. The average Bonchev–Trinajstić information content (AvgIpc) is 3.34. The number of unbranched alkanes of at least 4 members (excludes halogenated alkanes) is 29. The topological polar surface area (TPSA) is 78.9 Å². The monoisotopic (exact) mass is 949 g/mol. The van der Waals surface area contributed by atoms with Crippen LogP contribution in [0.1, 0.15) is 284 Å². The minimum atomic E-state index is -0.792. The van der Waals surface area contributed by atoms with E-state index in [4.69, 9.17) is 14.2 Å². The minimum Gasteiger partial charge on any atom is -0.462 e. The van der Waals surface area contributed by atoms with Crippen LogP contribution in [0, 0.1) is 0 Å². The van der Waals surface area contributed by atoms with Crippen molar-refractivity contribution in [1.82, 2.24) is 0 Å². The molecule has 0 bridgehead atoms. The van der Waals surface area contributed by atoms with Crippen LogP contribution in [0.5, 0.6) is 0 Å². The summed E-state index contributed by atoms with van der Waals surface area (Å²) in [5.74, 6) is -0.917. The Bertz CT molecular complexity index is 1270. The molecule has 392 valence electrons. The first-order chi connectivity index (χ1) is 33.5. The standard InChI is InChI=1S/C62H108O6/c1-4-7-10-13-16-19-22-25-28-30-31-33-34-37-40-43-46-49-52-55-61(64)67-58-59(57-66-60(63)54-51-48-45-42-39-36-27-24-21-18-15-12-9-6-3)68-62(65)56-53-50-47-44-41-38-35-32-29-26-23-20-17-14-11-8-5-2/h16-17,19-20,25-26,28-29,31,33,37,40,59H,4-15,18,21-24,27,30,32,34-36,38-39,41-58H2,1-3H3/b19-16+,20-17+,28-25+,29-26+,33-31+,40-37+/t59-/m1/s1. The summed E-state index contributed by atoms with van der Waals surface area (Å²) in [6.45, 7) is 6.57. The summed E-state index contributed by atoms with van der Waals surface area (Å²) in [5.41, 5.74) is 0. The first-order valence-electron chi connectivity index (χ1n) is 28.9. The maximum atomic E-state index is 12.9. The molecular weight excluding hydrogens is 841 g/mol. The summed E-state index contributed by atoms with van der Waals surface area (Å²) in [5, 5.41) is 0. The van der Waals surface area contributed by atoms with Crippen molar-refractivity contribution in [3.05, 3.63) is 72.9 Å². The molecule has 0 unspecified atom stereocenters. The van der Waals surface area contributed by atoms with Crippen molar-refractivity contribution in [1.29, 1.82) is 0 Å². The van der Waals surface area contributed by atoms with Gasteiger partial charge in [0.2, 0.25) is 0 Å². The van der Waals surface area contributed by atoms with Gasteiger partial charge >= 0.3 is 17.9 Å². The van der Waals surface area contributed by atoms with Gasteiger partial charge in [0.15, 0.2) is 6.10 Å². The summed E-state index contributed by atoms with van der Waals surface area (Å²) in [4.78, 5) is 38.2. The zero-order valence-electron chi connectivity index (χ0n) is 44.9. The van der Waals surface area contributed by atoms with Crippen LogP contribution < -0.4 is 0 Å². The largest absolute Gasteiger partial charge is 0.462 e. The number of rotatable bonds is 52. The van der Waals surface area contributed by atoms with Crippen LogP contribution in [0.2, 0.25) is 0 Å². The Morgan fingerprint density at radius 2 is 0.529 bits per heavy atom. The Morgan fingerprint density at radius 3 is 0.868 bits per heavy atom. The van der Waals surface area contributed by atoms with Crippen LogP contribution in [-0.2, 0) is 28.6 Å². The van der Waals surface area contributed by atoms with Gasteiger partial charge in [-0.25, -0.2) is 0 Å². The fourth-order valence-corrected chi connectivity index (χ4v) is 8.04. The molecule has 0 aromatic rings. The predicted molar refractivity (Wildman–Crippen MR) is 293 cm³/mol. The van der Waals surface area contributed by atoms with Crippen molar-refractivity contribution in [3.63, 3.8) is 0 Å². The molecule has 0 radical (unpaired) electrons. The van der Waals surface area contributed by atoms with E-state index in [-0.39, 0.29) is 31.1 Å². The van der Waals surface area contributed by atoms with Gasteiger partial charge in [0.05, 0.1) is 0 Å². The third kappa shape index (κ3) is 53.8. The normalized spacial score (nSPS) is 12.6. The second-order valence-electron chi connectivity index (χ2n) is 19.2. The molecule has 0 aromatic carbocycles. The minimum absolute atomic E-state index is 0.0868. The van der Waals surface area contributed by atoms with Gasteiger partial charge in [-0.15, -0.1) is 0 Å². The lowest BCUT2D eigenvalue weighted by Crippen LogP contribution is -2.30. The maximum absolute atomic E-state index is 12.9. The molecule has 0 fully saturated rings. The van der Waals surface area contributed by atoms with Gasteiger partial charge in [-0.3, -0.25) is 14.4 Å². The smallest absolute Gasteiger partial charge is 0.306 e. The van der Waals surface area contributed by atoms with E-state index < -0.39 is 6.10 Å².